The number of hydrogen-bond donors (Lipinski definition) is 1. The van der Waals surface area contributed by atoms with Crippen LogP contribution in [0, 0.1) is 5.92 Å². The summed E-state index contributed by atoms with van der Waals surface area (Å²) in [5.74, 6) is 0.645. The normalized spacial score (nSPS) is 18.3. The summed E-state index contributed by atoms with van der Waals surface area (Å²) in [6.07, 6.45) is 1.96. The number of rotatable bonds is 5. The molecule has 0 aliphatic carbocycles. The van der Waals surface area contributed by atoms with Crippen LogP contribution in [0.5, 0.6) is 0 Å². The van der Waals surface area contributed by atoms with E-state index in [1.54, 1.807) is 27.8 Å². The molecule has 23 heavy (non-hydrogen) atoms. The van der Waals surface area contributed by atoms with Crippen LogP contribution in [0.4, 0.5) is 4.79 Å². The molecule has 2 amide bonds. The number of likely N-dealkylation sites (tertiary alicyclic amines) is 1. The summed E-state index contributed by atoms with van der Waals surface area (Å²) in [6.45, 7) is 12.6. The summed E-state index contributed by atoms with van der Waals surface area (Å²) in [4.78, 5) is 27.5. The molecule has 0 aromatic heterocycles. The molecule has 0 bridgehead atoms. The molecule has 6 nitrogen and oxygen atoms in total. The van der Waals surface area contributed by atoms with E-state index in [2.05, 4.69) is 24.1 Å². The molecule has 1 fully saturated rings. The number of amides is 2. The Bertz CT molecular complexity index is 398. The van der Waals surface area contributed by atoms with Crippen LogP contribution in [0.1, 0.15) is 47.5 Å². The zero-order chi connectivity index (χ0) is 17.6. The maximum atomic E-state index is 12.0. The van der Waals surface area contributed by atoms with Crippen molar-refractivity contribution >= 4 is 12.0 Å². The molecule has 1 heterocycles. The first-order valence-electron chi connectivity index (χ1n) is 8.53. The van der Waals surface area contributed by atoms with Crippen LogP contribution >= 0.6 is 0 Å². The van der Waals surface area contributed by atoms with E-state index in [0.717, 1.165) is 19.0 Å². The van der Waals surface area contributed by atoms with Gasteiger partial charge in [0.05, 0.1) is 0 Å². The van der Waals surface area contributed by atoms with Gasteiger partial charge in [-0.15, -0.1) is 0 Å². The minimum Gasteiger partial charge on any atom is -0.444 e. The third-order valence-electron chi connectivity index (χ3n) is 4.12. The van der Waals surface area contributed by atoms with Crippen molar-refractivity contribution in [3.8, 4) is 0 Å². The lowest BCUT2D eigenvalue weighted by molar-refractivity contribution is -0.122. The standard InChI is InChI=1S/C17H33N3O3/c1-13-7-9-20(10-8-13)14(2)11-18-15(21)12-19(6)16(22)23-17(3,4)5/h13-14H,7-12H2,1-6H3,(H,18,21). The fraction of sp³-hybridized carbons (Fsp3) is 0.882. The van der Waals surface area contributed by atoms with Crippen molar-refractivity contribution in [2.75, 3.05) is 33.2 Å². The van der Waals surface area contributed by atoms with E-state index in [1.807, 2.05) is 0 Å². The molecular weight excluding hydrogens is 294 g/mol. The Balaban J connectivity index is 2.29. The van der Waals surface area contributed by atoms with Crippen molar-refractivity contribution in [2.24, 2.45) is 5.92 Å². The van der Waals surface area contributed by atoms with E-state index >= 15 is 0 Å². The highest BCUT2D eigenvalue weighted by Crippen LogP contribution is 2.17. The molecule has 1 rings (SSSR count). The molecule has 1 N–H and O–H groups in total. The number of carbonyl (C=O) groups is 2. The summed E-state index contributed by atoms with van der Waals surface area (Å²) >= 11 is 0. The van der Waals surface area contributed by atoms with Crippen molar-refractivity contribution in [3.63, 3.8) is 0 Å². The molecular formula is C17H33N3O3. The average molecular weight is 327 g/mol. The van der Waals surface area contributed by atoms with E-state index in [4.69, 9.17) is 4.74 Å². The van der Waals surface area contributed by atoms with Crippen molar-refractivity contribution in [1.82, 2.24) is 15.1 Å². The molecule has 1 saturated heterocycles. The van der Waals surface area contributed by atoms with Crippen LogP contribution in [0.2, 0.25) is 0 Å². The highest BCUT2D eigenvalue weighted by Gasteiger charge is 2.23. The van der Waals surface area contributed by atoms with Gasteiger partial charge in [-0.1, -0.05) is 6.92 Å². The van der Waals surface area contributed by atoms with E-state index in [-0.39, 0.29) is 12.5 Å². The smallest absolute Gasteiger partial charge is 0.410 e. The van der Waals surface area contributed by atoms with Crippen molar-refractivity contribution in [1.29, 1.82) is 0 Å². The predicted molar refractivity (Wildman–Crippen MR) is 91.3 cm³/mol. The van der Waals surface area contributed by atoms with Crippen LogP contribution < -0.4 is 5.32 Å². The maximum absolute atomic E-state index is 12.0. The molecule has 0 radical (unpaired) electrons. The summed E-state index contributed by atoms with van der Waals surface area (Å²) in [5, 5.41) is 2.91. The molecule has 6 heteroatoms. The van der Waals surface area contributed by atoms with Crippen molar-refractivity contribution in [3.05, 3.63) is 0 Å². The lowest BCUT2D eigenvalue weighted by atomic mass is 9.98. The van der Waals surface area contributed by atoms with E-state index in [0.29, 0.717) is 12.6 Å². The van der Waals surface area contributed by atoms with Crippen LogP contribution in [0.15, 0.2) is 0 Å². The Morgan fingerprint density at radius 1 is 1.30 bits per heavy atom. The van der Waals surface area contributed by atoms with Crippen LogP contribution in [0.25, 0.3) is 0 Å². The van der Waals surface area contributed by atoms with Gasteiger partial charge in [0.1, 0.15) is 12.1 Å². The summed E-state index contributed by atoms with van der Waals surface area (Å²) in [7, 11) is 1.57. The molecule has 0 saturated carbocycles. The van der Waals surface area contributed by atoms with Gasteiger partial charge in [-0.05, 0) is 59.5 Å². The van der Waals surface area contributed by atoms with Gasteiger partial charge in [-0.3, -0.25) is 9.69 Å². The molecule has 0 aromatic rings. The number of ether oxygens (including phenoxy) is 1. The average Bonchev–Trinajstić information content (AvgIpc) is 2.43. The molecule has 1 unspecified atom stereocenters. The van der Waals surface area contributed by atoms with E-state index < -0.39 is 11.7 Å². The zero-order valence-electron chi connectivity index (χ0n) is 15.5. The summed E-state index contributed by atoms with van der Waals surface area (Å²) in [6, 6.07) is 0.318. The number of nitrogens with zero attached hydrogens (tertiary/aromatic N) is 2. The molecule has 1 aliphatic heterocycles. The fourth-order valence-corrected chi connectivity index (χ4v) is 2.54. The third-order valence-corrected chi connectivity index (χ3v) is 4.12. The molecule has 0 spiro atoms. The van der Waals surface area contributed by atoms with Gasteiger partial charge < -0.3 is 15.0 Å². The first-order chi connectivity index (χ1) is 10.6. The molecule has 0 aromatic carbocycles. The molecule has 1 aliphatic rings. The van der Waals surface area contributed by atoms with Gasteiger partial charge in [0, 0.05) is 19.6 Å². The fourth-order valence-electron chi connectivity index (χ4n) is 2.54. The minimum atomic E-state index is -0.554. The lowest BCUT2D eigenvalue weighted by Gasteiger charge is -2.35. The first-order valence-corrected chi connectivity index (χ1v) is 8.53. The van der Waals surface area contributed by atoms with Crippen LogP contribution in [-0.2, 0) is 9.53 Å². The first kappa shape index (κ1) is 19.7. The Labute approximate surface area is 140 Å². The van der Waals surface area contributed by atoms with Crippen molar-refractivity contribution in [2.45, 2.75) is 59.1 Å². The van der Waals surface area contributed by atoms with Gasteiger partial charge in [0.15, 0.2) is 0 Å². The van der Waals surface area contributed by atoms with Crippen molar-refractivity contribution < 1.29 is 14.3 Å². The lowest BCUT2D eigenvalue weighted by Crippen LogP contribution is -2.47. The monoisotopic (exact) mass is 327 g/mol. The number of likely N-dealkylation sites (N-methyl/N-ethyl adjacent to an activating group) is 1. The number of nitrogens with one attached hydrogen (secondary N) is 1. The number of hydrogen-bond acceptors (Lipinski definition) is 4. The van der Waals surface area contributed by atoms with Crippen LogP contribution in [0.3, 0.4) is 0 Å². The topological polar surface area (TPSA) is 61.9 Å². The number of carbonyl (C=O) groups excluding carboxylic acids is 2. The van der Waals surface area contributed by atoms with E-state index in [9.17, 15) is 9.59 Å². The second-order valence-electron chi connectivity index (χ2n) is 7.71. The highest BCUT2D eigenvalue weighted by molar-refractivity contribution is 5.82. The van der Waals surface area contributed by atoms with Gasteiger partial charge in [-0.25, -0.2) is 4.79 Å². The summed E-state index contributed by atoms with van der Waals surface area (Å²) in [5.41, 5.74) is -0.554. The van der Waals surface area contributed by atoms with Gasteiger partial charge >= 0.3 is 6.09 Å². The molecule has 1 atom stereocenters. The molecule has 134 valence electrons. The SMILES string of the molecule is CC1CCN(C(C)CNC(=O)CN(C)C(=O)OC(C)(C)C)CC1. The Morgan fingerprint density at radius 3 is 2.39 bits per heavy atom. The maximum Gasteiger partial charge on any atom is 0.410 e. The van der Waals surface area contributed by atoms with Gasteiger partial charge in [0.25, 0.3) is 0 Å². The largest absolute Gasteiger partial charge is 0.444 e. The Hall–Kier alpha value is -1.30. The third kappa shape index (κ3) is 7.68. The minimum absolute atomic E-state index is 0.0126. The van der Waals surface area contributed by atoms with Gasteiger partial charge in [-0.2, -0.15) is 0 Å². The second kappa shape index (κ2) is 8.52. The predicted octanol–water partition coefficient (Wildman–Crippen LogP) is 2.09. The quantitative estimate of drug-likeness (QED) is 0.840. The van der Waals surface area contributed by atoms with Crippen LogP contribution in [-0.4, -0.2) is 66.7 Å². The number of piperidine rings is 1. The van der Waals surface area contributed by atoms with Gasteiger partial charge in [0.2, 0.25) is 5.91 Å². The van der Waals surface area contributed by atoms with E-state index in [1.165, 1.54) is 17.7 Å². The zero-order valence-corrected chi connectivity index (χ0v) is 15.5. The Morgan fingerprint density at radius 2 is 1.87 bits per heavy atom. The summed E-state index contributed by atoms with van der Waals surface area (Å²) < 4.78 is 5.23. The second-order valence-corrected chi connectivity index (χ2v) is 7.71. The Kier molecular flexibility index (Phi) is 7.32. The highest BCUT2D eigenvalue weighted by atomic mass is 16.6.